The van der Waals surface area contributed by atoms with Crippen LogP contribution in [-0.2, 0) is 4.74 Å². The molecule has 0 radical (unpaired) electrons. The number of hydrogen-bond acceptors (Lipinski definition) is 3. The van der Waals surface area contributed by atoms with E-state index < -0.39 is 0 Å². The molecule has 0 spiro atoms. The van der Waals surface area contributed by atoms with Gasteiger partial charge in [-0.2, -0.15) is 0 Å². The first-order valence-electron chi connectivity index (χ1n) is 5.56. The Bertz CT molecular complexity index is 337. The number of ether oxygens (including phenoxy) is 2. The molecule has 1 aromatic rings. The molecule has 0 bridgehead atoms. The second-order valence-electron chi connectivity index (χ2n) is 4.22. The number of rotatable bonds is 5. The first-order chi connectivity index (χ1) is 7.54. The van der Waals surface area contributed by atoms with Gasteiger partial charge in [-0.1, -0.05) is 12.1 Å². The van der Waals surface area contributed by atoms with E-state index in [1.165, 1.54) is 0 Å². The molecule has 2 N–H and O–H groups in total. The summed E-state index contributed by atoms with van der Waals surface area (Å²) in [6.07, 6.45) is 0.207. The number of aryl methyl sites for hydroxylation is 1. The minimum Gasteiger partial charge on any atom is -0.496 e. The van der Waals surface area contributed by atoms with Crippen LogP contribution in [0.5, 0.6) is 5.75 Å². The largest absolute Gasteiger partial charge is 0.496 e. The summed E-state index contributed by atoms with van der Waals surface area (Å²) in [4.78, 5) is 0. The molecular weight excluding hydrogens is 202 g/mol. The minimum absolute atomic E-state index is 0.100. The zero-order valence-electron chi connectivity index (χ0n) is 10.5. The van der Waals surface area contributed by atoms with Crippen molar-refractivity contribution in [3.8, 4) is 5.75 Å². The Balaban J connectivity index is 2.72. The Labute approximate surface area is 97.6 Å². The molecule has 90 valence electrons. The number of benzene rings is 1. The highest BCUT2D eigenvalue weighted by molar-refractivity contribution is 5.37. The molecule has 0 amide bonds. The van der Waals surface area contributed by atoms with Crippen LogP contribution in [0.2, 0.25) is 0 Å². The van der Waals surface area contributed by atoms with Crippen molar-refractivity contribution in [1.29, 1.82) is 0 Å². The van der Waals surface area contributed by atoms with Crippen LogP contribution in [0.3, 0.4) is 0 Å². The predicted octanol–water partition coefficient (Wildman–Crippen LogP) is 2.43. The van der Waals surface area contributed by atoms with Crippen LogP contribution < -0.4 is 10.5 Å². The Morgan fingerprint density at radius 1 is 1.31 bits per heavy atom. The van der Waals surface area contributed by atoms with Crippen molar-refractivity contribution in [3.63, 3.8) is 0 Å². The van der Waals surface area contributed by atoms with Crippen molar-refractivity contribution >= 4 is 0 Å². The topological polar surface area (TPSA) is 44.5 Å². The molecule has 3 heteroatoms. The lowest BCUT2D eigenvalue weighted by Gasteiger charge is -2.16. The molecule has 1 unspecified atom stereocenters. The SMILES string of the molecule is COc1cc(C(N)COC(C)C)ccc1C. The molecule has 1 aromatic carbocycles. The van der Waals surface area contributed by atoms with E-state index in [1.807, 2.05) is 39.0 Å². The van der Waals surface area contributed by atoms with Gasteiger partial charge in [-0.05, 0) is 38.0 Å². The van der Waals surface area contributed by atoms with Crippen molar-refractivity contribution in [3.05, 3.63) is 29.3 Å². The number of methoxy groups -OCH3 is 1. The van der Waals surface area contributed by atoms with Crippen molar-refractivity contribution in [2.45, 2.75) is 32.9 Å². The maximum atomic E-state index is 6.04. The molecule has 0 aliphatic heterocycles. The Morgan fingerprint density at radius 3 is 2.56 bits per heavy atom. The van der Waals surface area contributed by atoms with E-state index in [9.17, 15) is 0 Å². The lowest BCUT2D eigenvalue weighted by molar-refractivity contribution is 0.0683. The Morgan fingerprint density at radius 2 is 2.00 bits per heavy atom. The minimum atomic E-state index is -0.100. The van der Waals surface area contributed by atoms with Crippen LogP contribution in [-0.4, -0.2) is 19.8 Å². The lowest BCUT2D eigenvalue weighted by Crippen LogP contribution is -2.19. The zero-order chi connectivity index (χ0) is 12.1. The predicted molar refractivity (Wildman–Crippen MR) is 65.7 cm³/mol. The Kier molecular flexibility index (Phi) is 4.77. The second kappa shape index (κ2) is 5.87. The highest BCUT2D eigenvalue weighted by Gasteiger charge is 2.09. The molecule has 0 aliphatic rings. The number of hydrogen-bond donors (Lipinski definition) is 1. The first-order valence-corrected chi connectivity index (χ1v) is 5.56. The van der Waals surface area contributed by atoms with Gasteiger partial charge in [0, 0.05) is 0 Å². The van der Waals surface area contributed by atoms with Gasteiger partial charge >= 0.3 is 0 Å². The molecule has 0 fully saturated rings. The first kappa shape index (κ1) is 13.0. The third-order valence-electron chi connectivity index (χ3n) is 2.47. The van der Waals surface area contributed by atoms with Crippen LogP contribution in [0, 0.1) is 6.92 Å². The fourth-order valence-corrected chi connectivity index (χ4v) is 1.46. The van der Waals surface area contributed by atoms with E-state index in [4.69, 9.17) is 15.2 Å². The maximum absolute atomic E-state index is 6.04. The van der Waals surface area contributed by atoms with E-state index in [1.54, 1.807) is 7.11 Å². The smallest absolute Gasteiger partial charge is 0.122 e. The lowest BCUT2D eigenvalue weighted by atomic mass is 10.1. The van der Waals surface area contributed by atoms with Gasteiger partial charge in [0.25, 0.3) is 0 Å². The maximum Gasteiger partial charge on any atom is 0.122 e. The van der Waals surface area contributed by atoms with Crippen LogP contribution in [0.4, 0.5) is 0 Å². The summed E-state index contributed by atoms with van der Waals surface area (Å²) >= 11 is 0. The van der Waals surface area contributed by atoms with E-state index >= 15 is 0 Å². The normalized spacial score (nSPS) is 12.9. The molecule has 1 rings (SSSR count). The molecule has 1 atom stereocenters. The third-order valence-corrected chi connectivity index (χ3v) is 2.47. The molecule has 16 heavy (non-hydrogen) atoms. The highest BCUT2D eigenvalue weighted by atomic mass is 16.5. The quantitative estimate of drug-likeness (QED) is 0.833. The van der Waals surface area contributed by atoms with E-state index in [0.717, 1.165) is 16.9 Å². The summed E-state index contributed by atoms with van der Waals surface area (Å²) in [6, 6.07) is 5.91. The fourth-order valence-electron chi connectivity index (χ4n) is 1.46. The van der Waals surface area contributed by atoms with Crippen LogP contribution in [0.15, 0.2) is 18.2 Å². The summed E-state index contributed by atoms with van der Waals surface area (Å²) in [7, 11) is 1.67. The average molecular weight is 223 g/mol. The summed E-state index contributed by atoms with van der Waals surface area (Å²) in [5, 5.41) is 0. The van der Waals surface area contributed by atoms with Crippen molar-refractivity contribution < 1.29 is 9.47 Å². The van der Waals surface area contributed by atoms with Crippen LogP contribution >= 0.6 is 0 Å². The van der Waals surface area contributed by atoms with Crippen molar-refractivity contribution in [2.75, 3.05) is 13.7 Å². The van der Waals surface area contributed by atoms with Gasteiger partial charge in [-0.25, -0.2) is 0 Å². The molecule has 0 aromatic heterocycles. The molecule has 0 saturated heterocycles. The zero-order valence-corrected chi connectivity index (χ0v) is 10.5. The summed E-state index contributed by atoms with van der Waals surface area (Å²) in [5.74, 6) is 0.873. The molecule has 0 saturated carbocycles. The van der Waals surface area contributed by atoms with Gasteiger partial charge < -0.3 is 15.2 Å². The summed E-state index contributed by atoms with van der Waals surface area (Å²) < 4.78 is 10.8. The van der Waals surface area contributed by atoms with Crippen molar-refractivity contribution in [1.82, 2.24) is 0 Å². The van der Waals surface area contributed by atoms with Gasteiger partial charge in [0.15, 0.2) is 0 Å². The third kappa shape index (κ3) is 3.51. The highest BCUT2D eigenvalue weighted by Crippen LogP contribution is 2.22. The van der Waals surface area contributed by atoms with Gasteiger partial charge in [0.05, 0.1) is 25.9 Å². The molecular formula is C13H21NO2. The monoisotopic (exact) mass is 223 g/mol. The van der Waals surface area contributed by atoms with E-state index in [-0.39, 0.29) is 12.1 Å². The molecule has 0 aliphatic carbocycles. The average Bonchev–Trinajstić information content (AvgIpc) is 2.26. The van der Waals surface area contributed by atoms with Crippen molar-refractivity contribution in [2.24, 2.45) is 5.73 Å². The van der Waals surface area contributed by atoms with Crippen LogP contribution in [0.25, 0.3) is 0 Å². The van der Waals surface area contributed by atoms with Gasteiger partial charge in [0.1, 0.15) is 5.75 Å². The van der Waals surface area contributed by atoms with E-state index in [2.05, 4.69) is 0 Å². The van der Waals surface area contributed by atoms with Crippen LogP contribution in [0.1, 0.15) is 31.0 Å². The Hall–Kier alpha value is -1.06. The second-order valence-corrected chi connectivity index (χ2v) is 4.22. The summed E-state index contributed by atoms with van der Waals surface area (Å²) in [5.41, 5.74) is 8.20. The van der Waals surface area contributed by atoms with Gasteiger partial charge in [-0.3, -0.25) is 0 Å². The van der Waals surface area contributed by atoms with E-state index in [0.29, 0.717) is 6.61 Å². The molecule has 3 nitrogen and oxygen atoms in total. The van der Waals surface area contributed by atoms with Gasteiger partial charge in [0.2, 0.25) is 0 Å². The summed E-state index contributed by atoms with van der Waals surface area (Å²) in [6.45, 7) is 6.55. The standard InChI is InChI=1S/C13H21NO2/c1-9(2)16-8-12(14)11-6-5-10(3)13(7-11)15-4/h5-7,9,12H,8,14H2,1-4H3. The molecule has 0 heterocycles. The number of nitrogens with two attached hydrogens (primary N) is 1. The van der Waals surface area contributed by atoms with Gasteiger partial charge in [-0.15, -0.1) is 0 Å². The fraction of sp³-hybridized carbons (Fsp3) is 0.538.